The molecule has 2 heterocycles. The summed E-state index contributed by atoms with van der Waals surface area (Å²) in [4.78, 5) is 6.22. The Morgan fingerprint density at radius 3 is 2.67 bits per heavy atom. The van der Waals surface area contributed by atoms with Crippen LogP contribution in [0.2, 0.25) is 5.02 Å². The lowest BCUT2D eigenvalue weighted by Crippen LogP contribution is -2.27. The Morgan fingerprint density at radius 1 is 1.33 bits per heavy atom. The third-order valence-electron chi connectivity index (χ3n) is 3.31. The number of nitrogens with one attached hydrogen (secondary N) is 1. The highest BCUT2D eigenvalue weighted by atomic mass is 35.5. The van der Waals surface area contributed by atoms with E-state index in [1.54, 1.807) is 18.6 Å². The molecule has 0 aromatic carbocycles. The molecule has 0 aliphatic carbocycles. The van der Waals surface area contributed by atoms with Gasteiger partial charge in [-0.15, -0.1) is 0 Å². The molecule has 21 heavy (non-hydrogen) atoms. The van der Waals surface area contributed by atoms with E-state index in [1.807, 2.05) is 16.8 Å². The standard InChI is InChI=1S/C15H22ClN5/c1-4-18-14(12-5-7-17-8-6-12)15-13(16)11-19-21(15)10-9-20(2)3/h5-8,11,14,18H,4,9-10H2,1-3H3. The molecule has 0 aliphatic rings. The van der Waals surface area contributed by atoms with Crippen molar-refractivity contribution >= 4 is 11.6 Å². The largest absolute Gasteiger partial charge is 0.308 e. The van der Waals surface area contributed by atoms with Crippen LogP contribution < -0.4 is 5.32 Å². The van der Waals surface area contributed by atoms with E-state index in [2.05, 4.69) is 41.3 Å². The number of rotatable bonds is 7. The summed E-state index contributed by atoms with van der Waals surface area (Å²) in [5.41, 5.74) is 2.15. The summed E-state index contributed by atoms with van der Waals surface area (Å²) in [6.45, 7) is 4.66. The van der Waals surface area contributed by atoms with Crippen LogP contribution in [-0.2, 0) is 6.54 Å². The Morgan fingerprint density at radius 2 is 2.05 bits per heavy atom. The number of halogens is 1. The highest BCUT2D eigenvalue weighted by Crippen LogP contribution is 2.28. The molecular formula is C15H22ClN5. The second kappa shape index (κ2) is 7.54. The Kier molecular flexibility index (Phi) is 5.73. The first-order chi connectivity index (χ1) is 10.1. The monoisotopic (exact) mass is 307 g/mol. The molecule has 114 valence electrons. The maximum absolute atomic E-state index is 6.39. The van der Waals surface area contributed by atoms with Crippen molar-refractivity contribution in [2.75, 3.05) is 27.2 Å². The van der Waals surface area contributed by atoms with Crippen LogP contribution in [0.1, 0.15) is 24.2 Å². The Balaban J connectivity index is 2.34. The zero-order valence-electron chi connectivity index (χ0n) is 12.8. The van der Waals surface area contributed by atoms with E-state index >= 15 is 0 Å². The summed E-state index contributed by atoms with van der Waals surface area (Å²) < 4.78 is 1.98. The molecule has 0 spiro atoms. The third-order valence-corrected chi connectivity index (χ3v) is 3.60. The first-order valence-electron chi connectivity index (χ1n) is 7.12. The van der Waals surface area contributed by atoms with Crippen molar-refractivity contribution in [2.45, 2.75) is 19.5 Å². The van der Waals surface area contributed by atoms with Crippen molar-refractivity contribution < 1.29 is 0 Å². The molecule has 0 radical (unpaired) electrons. The lowest BCUT2D eigenvalue weighted by Gasteiger charge is -2.21. The molecule has 1 N–H and O–H groups in total. The van der Waals surface area contributed by atoms with Crippen LogP contribution in [0.4, 0.5) is 0 Å². The Bertz CT molecular complexity index is 552. The molecule has 0 saturated heterocycles. The second-order valence-corrected chi connectivity index (χ2v) is 5.58. The van der Waals surface area contributed by atoms with E-state index in [1.165, 1.54) is 0 Å². The molecule has 2 rings (SSSR count). The topological polar surface area (TPSA) is 46.0 Å². The van der Waals surface area contributed by atoms with Gasteiger partial charge in [-0.25, -0.2) is 0 Å². The molecule has 0 bridgehead atoms. The van der Waals surface area contributed by atoms with E-state index in [-0.39, 0.29) is 6.04 Å². The maximum atomic E-state index is 6.39. The molecule has 0 amide bonds. The summed E-state index contributed by atoms with van der Waals surface area (Å²) in [5.74, 6) is 0. The number of nitrogens with zero attached hydrogens (tertiary/aromatic N) is 4. The highest BCUT2D eigenvalue weighted by molar-refractivity contribution is 6.31. The van der Waals surface area contributed by atoms with Gasteiger partial charge in [-0.1, -0.05) is 18.5 Å². The summed E-state index contributed by atoms with van der Waals surface area (Å²) >= 11 is 6.39. The number of pyridine rings is 1. The van der Waals surface area contributed by atoms with E-state index < -0.39 is 0 Å². The lowest BCUT2D eigenvalue weighted by atomic mass is 10.0. The van der Waals surface area contributed by atoms with E-state index in [0.717, 1.165) is 30.9 Å². The SMILES string of the molecule is CCNC(c1ccncc1)c1c(Cl)cnn1CCN(C)C. The van der Waals surface area contributed by atoms with Gasteiger partial charge in [0.25, 0.3) is 0 Å². The molecule has 0 aliphatic heterocycles. The van der Waals surface area contributed by atoms with Gasteiger partial charge in [0.05, 0.1) is 29.5 Å². The summed E-state index contributed by atoms with van der Waals surface area (Å²) in [7, 11) is 4.10. The zero-order valence-corrected chi connectivity index (χ0v) is 13.5. The molecule has 2 aromatic rings. The van der Waals surface area contributed by atoms with Gasteiger partial charge in [0.2, 0.25) is 0 Å². The fraction of sp³-hybridized carbons (Fsp3) is 0.467. The first kappa shape index (κ1) is 15.9. The predicted molar refractivity (Wildman–Crippen MR) is 85.5 cm³/mol. The van der Waals surface area contributed by atoms with Gasteiger partial charge < -0.3 is 10.2 Å². The van der Waals surface area contributed by atoms with Crippen molar-refractivity contribution in [2.24, 2.45) is 0 Å². The third kappa shape index (κ3) is 4.03. The van der Waals surface area contributed by atoms with Crippen molar-refractivity contribution in [3.8, 4) is 0 Å². The molecule has 1 atom stereocenters. The van der Waals surface area contributed by atoms with Crippen LogP contribution in [0, 0.1) is 0 Å². The second-order valence-electron chi connectivity index (χ2n) is 5.18. The summed E-state index contributed by atoms with van der Waals surface area (Å²) in [6.07, 6.45) is 5.32. The van der Waals surface area contributed by atoms with Gasteiger partial charge in [-0.05, 0) is 38.3 Å². The molecule has 5 nitrogen and oxygen atoms in total. The van der Waals surface area contributed by atoms with Gasteiger partial charge in [0.15, 0.2) is 0 Å². The molecule has 6 heteroatoms. The smallest absolute Gasteiger partial charge is 0.0837 e. The molecule has 0 fully saturated rings. The molecule has 0 saturated carbocycles. The summed E-state index contributed by atoms with van der Waals surface area (Å²) in [6, 6.07) is 4.04. The van der Waals surface area contributed by atoms with Crippen LogP contribution in [0.25, 0.3) is 0 Å². The Hall–Kier alpha value is -1.43. The first-order valence-corrected chi connectivity index (χ1v) is 7.50. The number of hydrogen-bond donors (Lipinski definition) is 1. The minimum Gasteiger partial charge on any atom is -0.308 e. The molecular weight excluding hydrogens is 286 g/mol. The fourth-order valence-electron chi connectivity index (χ4n) is 2.26. The number of likely N-dealkylation sites (N-methyl/N-ethyl adjacent to an activating group) is 1. The molecule has 1 unspecified atom stereocenters. The van der Waals surface area contributed by atoms with Crippen LogP contribution in [0.15, 0.2) is 30.7 Å². The average molecular weight is 308 g/mol. The van der Waals surface area contributed by atoms with E-state index in [4.69, 9.17) is 11.6 Å². The zero-order chi connectivity index (χ0) is 15.2. The van der Waals surface area contributed by atoms with Crippen LogP contribution in [0.3, 0.4) is 0 Å². The highest BCUT2D eigenvalue weighted by Gasteiger charge is 2.21. The summed E-state index contributed by atoms with van der Waals surface area (Å²) in [5, 5.41) is 8.59. The van der Waals surface area contributed by atoms with Gasteiger partial charge >= 0.3 is 0 Å². The van der Waals surface area contributed by atoms with Crippen molar-refractivity contribution in [1.82, 2.24) is 25.0 Å². The Labute approximate surface area is 130 Å². The van der Waals surface area contributed by atoms with Gasteiger partial charge in [0.1, 0.15) is 0 Å². The normalized spacial score (nSPS) is 12.8. The van der Waals surface area contributed by atoms with Crippen molar-refractivity contribution in [3.05, 3.63) is 47.0 Å². The fourth-order valence-corrected chi connectivity index (χ4v) is 2.51. The van der Waals surface area contributed by atoms with Crippen LogP contribution in [-0.4, -0.2) is 46.8 Å². The molecule has 2 aromatic heterocycles. The quantitative estimate of drug-likeness (QED) is 0.852. The lowest BCUT2D eigenvalue weighted by molar-refractivity contribution is 0.365. The predicted octanol–water partition coefficient (Wildman–Crippen LogP) is 2.19. The number of aromatic nitrogens is 3. The minimum atomic E-state index is 0.0233. The van der Waals surface area contributed by atoms with Crippen LogP contribution in [0.5, 0.6) is 0 Å². The number of hydrogen-bond acceptors (Lipinski definition) is 4. The minimum absolute atomic E-state index is 0.0233. The van der Waals surface area contributed by atoms with Gasteiger partial charge in [-0.3, -0.25) is 9.67 Å². The van der Waals surface area contributed by atoms with E-state index in [0.29, 0.717) is 5.02 Å². The van der Waals surface area contributed by atoms with Gasteiger partial charge in [0, 0.05) is 18.9 Å². The van der Waals surface area contributed by atoms with Crippen molar-refractivity contribution in [3.63, 3.8) is 0 Å². The van der Waals surface area contributed by atoms with E-state index in [9.17, 15) is 0 Å². The van der Waals surface area contributed by atoms with Crippen molar-refractivity contribution in [1.29, 1.82) is 0 Å². The average Bonchev–Trinajstić information content (AvgIpc) is 2.84. The van der Waals surface area contributed by atoms with Gasteiger partial charge in [-0.2, -0.15) is 5.10 Å². The van der Waals surface area contributed by atoms with Crippen LogP contribution >= 0.6 is 11.6 Å². The maximum Gasteiger partial charge on any atom is 0.0837 e.